The molecule has 0 radical (unpaired) electrons. The highest BCUT2D eigenvalue weighted by Gasteiger charge is 2.52. The van der Waals surface area contributed by atoms with E-state index < -0.39 is 48.3 Å². The Labute approximate surface area is 336 Å². The first-order chi connectivity index (χ1) is 27.6. The number of carbonyl (C=O) groups excluding carboxylic acids is 3. The lowest BCUT2D eigenvalue weighted by Gasteiger charge is -2.26. The van der Waals surface area contributed by atoms with Gasteiger partial charge >= 0.3 is 17.9 Å². The third-order valence-corrected chi connectivity index (χ3v) is 10.5. The summed E-state index contributed by atoms with van der Waals surface area (Å²) in [6.07, 6.45) is -2.06. The van der Waals surface area contributed by atoms with E-state index in [4.69, 9.17) is 18.9 Å². The molecule has 298 valence electrons. The monoisotopic (exact) mass is 784 g/mol. The summed E-state index contributed by atoms with van der Waals surface area (Å²) in [5.74, 6) is -2.31. The maximum atomic E-state index is 14.3. The first-order valence-corrected chi connectivity index (χ1v) is 19.0. The van der Waals surface area contributed by atoms with Crippen LogP contribution in [0.15, 0.2) is 73.3 Å². The van der Waals surface area contributed by atoms with Crippen molar-refractivity contribution < 1.29 is 37.7 Å². The Morgan fingerprint density at radius 1 is 0.638 bits per heavy atom. The maximum Gasteiger partial charge on any atom is 0.339 e. The summed E-state index contributed by atoms with van der Waals surface area (Å²) in [6.45, 7) is 16.5. The zero-order valence-electron chi connectivity index (χ0n) is 34.0. The Kier molecular flexibility index (Phi) is 11.0. The summed E-state index contributed by atoms with van der Waals surface area (Å²) in [5.41, 5.74) is 10.1. The fourth-order valence-electron chi connectivity index (χ4n) is 8.29. The predicted molar refractivity (Wildman–Crippen MR) is 215 cm³/mol. The minimum Gasteiger partial charge on any atom is -0.459 e. The number of esters is 3. The van der Waals surface area contributed by atoms with Crippen molar-refractivity contribution in [1.29, 1.82) is 0 Å². The standard InChI is InChI=1S/C46H45FN4O7/c1-23-14-26(4)35(27(5)15-23)44(52)55-20-34-40(57-45(53)36-28(6)16-24(2)17-29(36)7)41(58-46(54)37-30(8)18-25(3)19-31(37)9)43(56-34)51-22-50-39-38(48-21-49-42(39)51)32-10-12-33(47)13-11-32/h10-19,21-22,34,40-41,43H,20H2,1-9H3/t34-,40?,41?,43-/m1/s1. The molecule has 6 aromatic rings. The van der Waals surface area contributed by atoms with Crippen LogP contribution in [-0.2, 0) is 18.9 Å². The Morgan fingerprint density at radius 2 is 1.10 bits per heavy atom. The molecule has 0 spiro atoms. The lowest BCUT2D eigenvalue weighted by atomic mass is 9.99. The van der Waals surface area contributed by atoms with Gasteiger partial charge in [-0.05, 0) is 120 Å². The van der Waals surface area contributed by atoms with Gasteiger partial charge in [0, 0.05) is 5.56 Å². The smallest absolute Gasteiger partial charge is 0.339 e. The molecule has 12 heteroatoms. The molecule has 1 aliphatic heterocycles. The summed E-state index contributed by atoms with van der Waals surface area (Å²) in [4.78, 5) is 55.9. The molecule has 3 heterocycles. The van der Waals surface area contributed by atoms with Crippen LogP contribution < -0.4 is 0 Å². The van der Waals surface area contributed by atoms with Gasteiger partial charge in [-0.25, -0.2) is 33.7 Å². The number of fused-ring (bicyclic) bond motifs is 1. The molecule has 0 N–H and O–H groups in total. The second-order valence-corrected chi connectivity index (χ2v) is 15.3. The van der Waals surface area contributed by atoms with Gasteiger partial charge in [0.1, 0.15) is 36.1 Å². The number of rotatable bonds is 9. The third-order valence-electron chi connectivity index (χ3n) is 10.5. The van der Waals surface area contributed by atoms with Gasteiger partial charge in [0.2, 0.25) is 0 Å². The maximum absolute atomic E-state index is 14.3. The Hall–Kier alpha value is -6.27. The van der Waals surface area contributed by atoms with Gasteiger partial charge in [-0.3, -0.25) is 4.57 Å². The number of nitrogens with zero attached hydrogens (tertiary/aromatic N) is 4. The van der Waals surface area contributed by atoms with Gasteiger partial charge in [-0.2, -0.15) is 0 Å². The highest BCUT2D eigenvalue weighted by Crippen LogP contribution is 2.38. The van der Waals surface area contributed by atoms with E-state index in [1.807, 2.05) is 98.7 Å². The molecule has 2 aromatic heterocycles. The summed E-state index contributed by atoms with van der Waals surface area (Å²) in [6, 6.07) is 17.2. The first kappa shape index (κ1) is 39.9. The minimum atomic E-state index is -1.30. The summed E-state index contributed by atoms with van der Waals surface area (Å²) >= 11 is 0. The van der Waals surface area contributed by atoms with Crippen LogP contribution in [-0.4, -0.2) is 62.3 Å². The van der Waals surface area contributed by atoms with Crippen molar-refractivity contribution >= 4 is 29.1 Å². The fourth-order valence-corrected chi connectivity index (χ4v) is 8.29. The van der Waals surface area contributed by atoms with Gasteiger partial charge < -0.3 is 18.9 Å². The highest BCUT2D eigenvalue weighted by molar-refractivity contribution is 5.95. The van der Waals surface area contributed by atoms with Crippen LogP contribution in [0.5, 0.6) is 0 Å². The quantitative estimate of drug-likeness (QED) is 0.104. The number of imidazole rings is 1. The zero-order valence-corrected chi connectivity index (χ0v) is 34.0. The third kappa shape index (κ3) is 7.71. The number of aromatic nitrogens is 4. The number of hydrogen-bond donors (Lipinski definition) is 0. The highest BCUT2D eigenvalue weighted by atomic mass is 19.1. The molecule has 0 amide bonds. The second kappa shape index (κ2) is 15.9. The molecule has 58 heavy (non-hydrogen) atoms. The normalized spacial score (nSPS) is 17.7. The van der Waals surface area contributed by atoms with Crippen LogP contribution in [0.4, 0.5) is 4.39 Å². The van der Waals surface area contributed by atoms with Crippen molar-refractivity contribution in [3.63, 3.8) is 0 Å². The van der Waals surface area contributed by atoms with Crippen molar-refractivity contribution in [3.8, 4) is 11.3 Å². The number of benzene rings is 4. The van der Waals surface area contributed by atoms with E-state index >= 15 is 0 Å². The summed E-state index contributed by atoms with van der Waals surface area (Å²) in [7, 11) is 0. The Morgan fingerprint density at radius 3 is 1.60 bits per heavy atom. The number of halogens is 1. The molecule has 1 fully saturated rings. The minimum absolute atomic E-state index is 0.307. The van der Waals surface area contributed by atoms with E-state index in [9.17, 15) is 18.8 Å². The molecule has 4 atom stereocenters. The van der Waals surface area contributed by atoms with E-state index in [0.29, 0.717) is 61.4 Å². The van der Waals surface area contributed by atoms with Crippen LogP contribution in [0.1, 0.15) is 87.4 Å². The van der Waals surface area contributed by atoms with Crippen LogP contribution in [0, 0.1) is 68.1 Å². The van der Waals surface area contributed by atoms with Crippen molar-refractivity contribution in [2.75, 3.05) is 6.61 Å². The van der Waals surface area contributed by atoms with Gasteiger partial charge in [0.25, 0.3) is 0 Å². The van der Waals surface area contributed by atoms with E-state index in [-0.39, 0.29) is 6.61 Å². The molecule has 2 unspecified atom stereocenters. The molecule has 4 aromatic carbocycles. The zero-order chi connectivity index (χ0) is 41.6. The molecule has 1 saturated heterocycles. The number of aryl methyl sites for hydroxylation is 9. The Balaban J connectivity index is 1.34. The summed E-state index contributed by atoms with van der Waals surface area (Å²) in [5, 5.41) is 0. The van der Waals surface area contributed by atoms with Crippen LogP contribution in [0.2, 0.25) is 0 Å². The average Bonchev–Trinajstić information content (AvgIpc) is 3.70. The molecule has 0 saturated carbocycles. The van der Waals surface area contributed by atoms with Crippen molar-refractivity contribution in [1.82, 2.24) is 19.5 Å². The molecule has 7 rings (SSSR count). The lowest BCUT2D eigenvalue weighted by molar-refractivity contribution is -0.0606. The largest absolute Gasteiger partial charge is 0.459 e. The average molecular weight is 785 g/mol. The predicted octanol–water partition coefficient (Wildman–Crippen LogP) is 8.61. The summed E-state index contributed by atoms with van der Waals surface area (Å²) < 4.78 is 40.8. The molecule has 0 aliphatic carbocycles. The van der Waals surface area contributed by atoms with Crippen LogP contribution >= 0.6 is 0 Å². The van der Waals surface area contributed by atoms with E-state index in [0.717, 1.165) is 27.8 Å². The number of carbonyl (C=O) groups is 3. The van der Waals surface area contributed by atoms with E-state index in [2.05, 4.69) is 15.0 Å². The fraction of sp³-hybridized carbons (Fsp3) is 0.304. The van der Waals surface area contributed by atoms with E-state index in [1.54, 1.807) is 16.7 Å². The van der Waals surface area contributed by atoms with Gasteiger partial charge in [-0.1, -0.05) is 53.1 Å². The molecular weight excluding hydrogens is 740 g/mol. The van der Waals surface area contributed by atoms with Gasteiger partial charge in [0.05, 0.1) is 23.0 Å². The van der Waals surface area contributed by atoms with Crippen molar-refractivity contribution in [3.05, 3.63) is 146 Å². The second-order valence-electron chi connectivity index (χ2n) is 15.3. The van der Waals surface area contributed by atoms with Crippen LogP contribution in [0.25, 0.3) is 22.4 Å². The topological polar surface area (TPSA) is 132 Å². The molecule has 11 nitrogen and oxygen atoms in total. The van der Waals surface area contributed by atoms with Crippen molar-refractivity contribution in [2.45, 2.75) is 86.9 Å². The van der Waals surface area contributed by atoms with Crippen LogP contribution in [0.3, 0.4) is 0 Å². The van der Waals surface area contributed by atoms with Gasteiger partial charge in [-0.15, -0.1) is 0 Å². The number of hydrogen-bond acceptors (Lipinski definition) is 10. The molecule has 0 bridgehead atoms. The van der Waals surface area contributed by atoms with Crippen molar-refractivity contribution in [2.24, 2.45) is 0 Å². The number of ether oxygens (including phenoxy) is 4. The first-order valence-electron chi connectivity index (χ1n) is 19.0. The Bertz CT molecular complexity index is 2530. The van der Waals surface area contributed by atoms with Gasteiger partial charge in [0.15, 0.2) is 24.1 Å². The lowest BCUT2D eigenvalue weighted by Crippen LogP contribution is -2.41. The van der Waals surface area contributed by atoms with E-state index in [1.165, 1.54) is 24.8 Å². The SMILES string of the molecule is Cc1cc(C)c(C(=O)OC[C@H]2O[C@@H](n3cnc4c(-c5ccc(F)cc5)ncnc43)C(OC(=O)c3c(C)cc(C)cc3C)C2OC(=O)c2c(C)cc(C)cc2C)c(C)c1. The molecule has 1 aliphatic rings. The molecular formula is C46H45FN4O7.